The van der Waals surface area contributed by atoms with E-state index < -0.39 is 0 Å². The third-order valence-electron chi connectivity index (χ3n) is 2.30. The van der Waals surface area contributed by atoms with Gasteiger partial charge in [0.2, 0.25) is 0 Å². The van der Waals surface area contributed by atoms with Crippen molar-refractivity contribution >= 4 is 0 Å². The van der Waals surface area contributed by atoms with E-state index in [0.29, 0.717) is 6.61 Å². The van der Waals surface area contributed by atoms with Gasteiger partial charge in [0.15, 0.2) is 0 Å². The van der Waals surface area contributed by atoms with E-state index in [-0.39, 0.29) is 5.41 Å². The highest BCUT2D eigenvalue weighted by atomic mass is 16.5. The average Bonchev–Trinajstić information content (AvgIpc) is 2.12. The van der Waals surface area contributed by atoms with Crippen molar-refractivity contribution in [3.05, 3.63) is 29.3 Å². The van der Waals surface area contributed by atoms with Crippen LogP contribution in [0.1, 0.15) is 31.9 Å². The average molecular weight is 202 g/mol. The number of terminal acetylenes is 1. The smallest absolute Gasteiger partial charge is 0.148 e. The summed E-state index contributed by atoms with van der Waals surface area (Å²) in [5, 5.41) is 0. The summed E-state index contributed by atoms with van der Waals surface area (Å²) in [7, 11) is 0. The lowest BCUT2D eigenvalue weighted by Gasteiger charge is -2.24. The molecule has 1 rings (SSSR count). The van der Waals surface area contributed by atoms with E-state index >= 15 is 0 Å². The van der Waals surface area contributed by atoms with Crippen molar-refractivity contribution in [1.29, 1.82) is 0 Å². The normalized spacial score (nSPS) is 10.9. The van der Waals surface area contributed by atoms with Crippen LogP contribution in [0.4, 0.5) is 0 Å². The first-order valence-corrected chi connectivity index (χ1v) is 5.13. The van der Waals surface area contributed by atoms with Crippen molar-refractivity contribution in [3.63, 3.8) is 0 Å². The zero-order valence-electron chi connectivity index (χ0n) is 9.92. The van der Waals surface area contributed by atoms with Gasteiger partial charge < -0.3 is 4.74 Å². The lowest BCUT2D eigenvalue weighted by atomic mass is 9.83. The summed E-state index contributed by atoms with van der Waals surface area (Å²) < 4.78 is 5.56. The summed E-state index contributed by atoms with van der Waals surface area (Å²) in [5.74, 6) is 3.40. The molecule has 0 heterocycles. The van der Waals surface area contributed by atoms with Crippen LogP contribution in [0.5, 0.6) is 5.75 Å². The third kappa shape index (κ3) is 2.76. The summed E-state index contributed by atoms with van der Waals surface area (Å²) in [6.07, 6.45) is 5.20. The largest absolute Gasteiger partial charge is 0.481 e. The lowest BCUT2D eigenvalue weighted by Crippen LogP contribution is -2.15. The molecule has 1 heteroatoms. The topological polar surface area (TPSA) is 9.23 Å². The Kier molecular flexibility index (Phi) is 3.42. The predicted molar refractivity (Wildman–Crippen MR) is 64.2 cm³/mol. The van der Waals surface area contributed by atoms with Crippen LogP contribution in [0.15, 0.2) is 18.2 Å². The van der Waals surface area contributed by atoms with E-state index in [1.807, 2.05) is 12.1 Å². The summed E-state index contributed by atoms with van der Waals surface area (Å²) in [6.45, 7) is 8.96. The number of hydrogen-bond acceptors (Lipinski definition) is 1. The van der Waals surface area contributed by atoms with Gasteiger partial charge in [-0.1, -0.05) is 38.8 Å². The molecule has 0 aliphatic carbocycles. The van der Waals surface area contributed by atoms with E-state index in [0.717, 1.165) is 5.75 Å². The molecule has 15 heavy (non-hydrogen) atoms. The molecule has 1 nitrogen and oxygen atoms in total. The van der Waals surface area contributed by atoms with Crippen LogP contribution in [-0.4, -0.2) is 6.61 Å². The van der Waals surface area contributed by atoms with Crippen molar-refractivity contribution in [2.45, 2.75) is 33.1 Å². The molecule has 0 bridgehead atoms. The number of ether oxygens (including phenoxy) is 1. The van der Waals surface area contributed by atoms with Crippen LogP contribution in [0.3, 0.4) is 0 Å². The molecule has 80 valence electrons. The molecule has 0 saturated carbocycles. The fourth-order valence-corrected chi connectivity index (χ4v) is 1.84. The minimum Gasteiger partial charge on any atom is -0.481 e. The number of benzene rings is 1. The fraction of sp³-hybridized carbons (Fsp3) is 0.429. The number of hydrogen-bond donors (Lipinski definition) is 0. The van der Waals surface area contributed by atoms with Crippen LogP contribution >= 0.6 is 0 Å². The van der Waals surface area contributed by atoms with Gasteiger partial charge in [-0.25, -0.2) is 0 Å². The maximum absolute atomic E-state index is 5.56. The highest BCUT2D eigenvalue weighted by molar-refractivity contribution is 5.44. The van der Waals surface area contributed by atoms with Crippen LogP contribution in [-0.2, 0) is 5.41 Å². The van der Waals surface area contributed by atoms with Gasteiger partial charge in [-0.3, -0.25) is 0 Å². The van der Waals surface area contributed by atoms with Crippen molar-refractivity contribution in [1.82, 2.24) is 0 Å². The van der Waals surface area contributed by atoms with Gasteiger partial charge in [0, 0.05) is 5.56 Å². The molecule has 0 fully saturated rings. The second kappa shape index (κ2) is 4.40. The first-order chi connectivity index (χ1) is 6.96. The van der Waals surface area contributed by atoms with Crippen molar-refractivity contribution in [2.24, 2.45) is 0 Å². The Balaban J connectivity index is 3.16. The molecule has 0 aromatic heterocycles. The highest BCUT2D eigenvalue weighted by Gasteiger charge is 2.20. The molecular weight excluding hydrogens is 184 g/mol. The molecule has 1 aromatic rings. The van der Waals surface area contributed by atoms with Gasteiger partial charge in [-0.05, 0) is 24.0 Å². The second-order valence-corrected chi connectivity index (χ2v) is 4.69. The zero-order chi connectivity index (χ0) is 11.5. The maximum atomic E-state index is 5.56. The maximum Gasteiger partial charge on any atom is 0.148 e. The van der Waals surface area contributed by atoms with Crippen LogP contribution < -0.4 is 4.74 Å². The van der Waals surface area contributed by atoms with Crippen molar-refractivity contribution in [2.75, 3.05) is 6.61 Å². The van der Waals surface area contributed by atoms with Gasteiger partial charge in [-0.15, -0.1) is 6.42 Å². The standard InChI is InChI=1S/C14H18O/c1-6-10-15-12-9-7-8-11(2)13(12)14(3,4)5/h1,7-9H,10H2,2-5H3. The van der Waals surface area contributed by atoms with Gasteiger partial charge in [0.1, 0.15) is 12.4 Å². The Hall–Kier alpha value is -1.42. The zero-order valence-corrected chi connectivity index (χ0v) is 9.92. The first-order valence-electron chi connectivity index (χ1n) is 5.13. The summed E-state index contributed by atoms with van der Waals surface area (Å²) in [6, 6.07) is 6.07. The quantitative estimate of drug-likeness (QED) is 0.669. The molecule has 0 spiro atoms. The Morgan fingerprint density at radius 3 is 2.53 bits per heavy atom. The Morgan fingerprint density at radius 2 is 2.00 bits per heavy atom. The van der Waals surface area contributed by atoms with Crippen LogP contribution in [0.25, 0.3) is 0 Å². The molecule has 0 aliphatic rings. The first kappa shape index (κ1) is 11.7. The molecule has 0 N–H and O–H groups in total. The molecule has 0 saturated heterocycles. The minimum atomic E-state index is 0.0786. The molecule has 0 radical (unpaired) electrons. The molecule has 1 aromatic carbocycles. The van der Waals surface area contributed by atoms with Crippen LogP contribution in [0, 0.1) is 19.3 Å². The Bertz CT molecular complexity index is 377. The molecule has 0 amide bonds. The van der Waals surface area contributed by atoms with Crippen LogP contribution in [0.2, 0.25) is 0 Å². The van der Waals surface area contributed by atoms with Gasteiger partial charge in [-0.2, -0.15) is 0 Å². The summed E-state index contributed by atoms with van der Waals surface area (Å²) in [4.78, 5) is 0. The molecule has 0 aliphatic heterocycles. The molecular formula is C14H18O. The SMILES string of the molecule is C#CCOc1cccc(C)c1C(C)(C)C. The third-order valence-corrected chi connectivity index (χ3v) is 2.30. The molecule has 0 atom stereocenters. The monoisotopic (exact) mass is 202 g/mol. The second-order valence-electron chi connectivity index (χ2n) is 4.69. The Labute approximate surface area is 92.5 Å². The van der Waals surface area contributed by atoms with E-state index in [1.54, 1.807) is 0 Å². The number of rotatable bonds is 2. The van der Waals surface area contributed by atoms with Gasteiger partial charge in [0.25, 0.3) is 0 Å². The van der Waals surface area contributed by atoms with E-state index in [4.69, 9.17) is 11.2 Å². The number of aryl methyl sites for hydroxylation is 1. The van der Waals surface area contributed by atoms with Crippen molar-refractivity contribution < 1.29 is 4.74 Å². The van der Waals surface area contributed by atoms with E-state index in [9.17, 15) is 0 Å². The Morgan fingerprint density at radius 1 is 1.33 bits per heavy atom. The van der Waals surface area contributed by atoms with Crippen molar-refractivity contribution in [3.8, 4) is 18.1 Å². The minimum absolute atomic E-state index is 0.0786. The summed E-state index contributed by atoms with van der Waals surface area (Å²) in [5.41, 5.74) is 2.56. The van der Waals surface area contributed by atoms with Gasteiger partial charge >= 0.3 is 0 Å². The highest BCUT2D eigenvalue weighted by Crippen LogP contribution is 2.33. The summed E-state index contributed by atoms with van der Waals surface area (Å²) >= 11 is 0. The lowest BCUT2D eigenvalue weighted by molar-refractivity contribution is 0.357. The van der Waals surface area contributed by atoms with E-state index in [1.165, 1.54) is 11.1 Å². The van der Waals surface area contributed by atoms with Gasteiger partial charge in [0.05, 0.1) is 0 Å². The van der Waals surface area contributed by atoms with E-state index in [2.05, 4.69) is 39.7 Å². The molecule has 0 unspecified atom stereocenters. The predicted octanol–water partition coefficient (Wildman–Crippen LogP) is 3.30. The fourth-order valence-electron chi connectivity index (χ4n) is 1.84.